The van der Waals surface area contributed by atoms with Crippen LogP contribution in [0.5, 0.6) is 17.2 Å². The highest BCUT2D eigenvalue weighted by molar-refractivity contribution is 6.33. The van der Waals surface area contributed by atoms with Crippen molar-refractivity contribution >= 4 is 28.9 Å². The average molecular weight is 421 g/mol. The fourth-order valence-electron chi connectivity index (χ4n) is 3.39. The van der Waals surface area contributed by atoms with E-state index in [0.29, 0.717) is 33.5 Å². The van der Waals surface area contributed by atoms with Gasteiger partial charge in [-0.3, -0.25) is 4.79 Å². The molecule has 2 aromatic carbocycles. The molecular weight excluding hydrogens is 394 g/mol. The fraction of sp³-hybridized carbons (Fsp3) is 0.381. The number of rotatable bonds is 6. The number of anilines is 2. The largest absolute Gasteiger partial charge is 0.493 e. The van der Waals surface area contributed by atoms with Crippen LogP contribution < -0.4 is 29.3 Å². The number of quaternary nitrogens is 1. The molecule has 0 unspecified atom stereocenters. The molecule has 7 nitrogen and oxygen atoms in total. The zero-order chi connectivity index (χ0) is 21.0. The van der Waals surface area contributed by atoms with Gasteiger partial charge in [0, 0.05) is 11.3 Å². The number of piperazine rings is 1. The van der Waals surface area contributed by atoms with Gasteiger partial charge in [0.2, 0.25) is 5.75 Å². The third-order valence-electron chi connectivity index (χ3n) is 5.09. The predicted molar refractivity (Wildman–Crippen MR) is 114 cm³/mol. The second-order valence-electron chi connectivity index (χ2n) is 6.98. The number of amides is 1. The number of likely N-dealkylation sites (N-methyl/N-ethyl adjacent to an activating group) is 1. The summed E-state index contributed by atoms with van der Waals surface area (Å²) >= 11 is 6.51. The van der Waals surface area contributed by atoms with E-state index >= 15 is 0 Å². The molecule has 0 saturated carbocycles. The maximum absolute atomic E-state index is 12.8. The van der Waals surface area contributed by atoms with E-state index in [2.05, 4.69) is 17.3 Å². The molecule has 1 amide bonds. The summed E-state index contributed by atoms with van der Waals surface area (Å²) < 4.78 is 15.9. The number of carbonyl (C=O) groups is 1. The average Bonchev–Trinajstić information content (AvgIpc) is 2.73. The maximum atomic E-state index is 12.8. The van der Waals surface area contributed by atoms with E-state index in [-0.39, 0.29) is 5.91 Å². The van der Waals surface area contributed by atoms with E-state index in [1.807, 2.05) is 12.1 Å². The van der Waals surface area contributed by atoms with Gasteiger partial charge in [-0.1, -0.05) is 11.6 Å². The number of ether oxygens (including phenoxy) is 3. The van der Waals surface area contributed by atoms with E-state index in [1.165, 1.54) is 26.2 Å². The molecule has 1 fully saturated rings. The molecule has 3 rings (SSSR count). The smallest absolute Gasteiger partial charge is 0.255 e. The molecule has 1 heterocycles. The van der Waals surface area contributed by atoms with Gasteiger partial charge in [-0.25, -0.2) is 0 Å². The molecule has 0 atom stereocenters. The zero-order valence-corrected chi connectivity index (χ0v) is 17.9. The lowest BCUT2D eigenvalue weighted by atomic mass is 10.1. The Hall–Kier alpha value is -2.64. The Morgan fingerprint density at radius 2 is 1.66 bits per heavy atom. The van der Waals surface area contributed by atoms with Gasteiger partial charge in [0.05, 0.1) is 65.3 Å². The quantitative estimate of drug-likeness (QED) is 0.748. The lowest BCUT2D eigenvalue weighted by Crippen LogP contribution is -3.12. The minimum absolute atomic E-state index is 0.295. The van der Waals surface area contributed by atoms with Crippen LogP contribution in [0.25, 0.3) is 0 Å². The fourth-order valence-corrected chi connectivity index (χ4v) is 3.69. The van der Waals surface area contributed by atoms with Gasteiger partial charge in [0.25, 0.3) is 5.91 Å². The summed E-state index contributed by atoms with van der Waals surface area (Å²) in [6.45, 7) is 4.08. The van der Waals surface area contributed by atoms with Crippen LogP contribution in [0.3, 0.4) is 0 Å². The van der Waals surface area contributed by atoms with Crippen molar-refractivity contribution in [2.45, 2.75) is 0 Å². The number of nitrogens with zero attached hydrogens (tertiary/aromatic N) is 1. The van der Waals surface area contributed by atoms with E-state index in [1.54, 1.807) is 18.2 Å². The van der Waals surface area contributed by atoms with Crippen LogP contribution in [0.15, 0.2) is 30.3 Å². The van der Waals surface area contributed by atoms with Crippen LogP contribution >= 0.6 is 11.6 Å². The van der Waals surface area contributed by atoms with Crippen molar-refractivity contribution in [1.82, 2.24) is 0 Å². The van der Waals surface area contributed by atoms with Gasteiger partial charge < -0.3 is 29.3 Å². The van der Waals surface area contributed by atoms with Crippen LogP contribution in [0.4, 0.5) is 11.4 Å². The lowest BCUT2D eigenvalue weighted by molar-refractivity contribution is -0.880. The van der Waals surface area contributed by atoms with Gasteiger partial charge in [-0.2, -0.15) is 0 Å². The molecule has 0 bridgehead atoms. The Morgan fingerprint density at radius 1 is 1.03 bits per heavy atom. The first-order valence-corrected chi connectivity index (χ1v) is 9.81. The molecule has 2 N–H and O–H groups in total. The van der Waals surface area contributed by atoms with Crippen molar-refractivity contribution in [2.24, 2.45) is 0 Å². The number of nitrogens with one attached hydrogen (secondary N) is 2. The van der Waals surface area contributed by atoms with Crippen LogP contribution in [0.2, 0.25) is 5.02 Å². The Balaban J connectivity index is 1.78. The summed E-state index contributed by atoms with van der Waals surface area (Å²) in [5, 5.41) is 3.50. The minimum atomic E-state index is -0.295. The SMILES string of the molecule is COc1cc(C(=O)Nc2ccc(N3CC[NH+](C)CC3)c(Cl)c2)cc(OC)c1OC. The molecule has 0 aromatic heterocycles. The van der Waals surface area contributed by atoms with Crippen molar-refractivity contribution in [3.8, 4) is 17.2 Å². The van der Waals surface area contributed by atoms with Crippen molar-refractivity contribution in [1.29, 1.82) is 0 Å². The Bertz CT molecular complexity index is 857. The van der Waals surface area contributed by atoms with Crippen LogP contribution in [-0.2, 0) is 0 Å². The summed E-state index contributed by atoms with van der Waals surface area (Å²) in [7, 11) is 6.74. The molecule has 1 aliphatic heterocycles. The highest BCUT2D eigenvalue weighted by Gasteiger charge is 2.20. The van der Waals surface area contributed by atoms with E-state index in [4.69, 9.17) is 25.8 Å². The summed E-state index contributed by atoms with van der Waals surface area (Å²) in [6, 6.07) is 8.81. The minimum Gasteiger partial charge on any atom is -0.493 e. The second kappa shape index (κ2) is 9.24. The third kappa shape index (κ3) is 4.68. The highest BCUT2D eigenvalue weighted by atomic mass is 35.5. The number of hydrogen-bond acceptors (Lipinski definition) is 5. The second-order valence-corrected chi connectivity index (χ2v) is 7.39. The van der Waals surface area contributed by atoms with Crippen LogP contribution in [0, 0.1) is 0 Å². The maximum Gasteiger partial charge on any atom is 0.255 e. The number of benzene rings is 2. The van der Waals surface area contributed by atoms with Gasteiger partial charge in [-0.15, -0.1) is 0 Å². The number of methoxy groups -OCH3 is 3. The third-order valence-corrected chi connectivity index (χ3v) is 5.39. The first-order valence-electron chi connectivity index (χ1n) is 9.44. The van der Waals surface area contributed by atoms with Crippen molar-refractivity contribution in [2.75, 3.05) is 64.8 Å². The molecule has 0 aliphatic carbocycles. The number of carbonyl (C=O) groups excluding carboxylic acids is 1. The van der Waals surface area contributed by atoms with E-state index in [9.17, 15) is 4.79 Å². The van der Waals surface area contributed by atoms with E-state index < -0.39 is 0 Å². The monoisotopic (exact) mass is 420 g/mol. The summed E-state index contributed by atoms with van der Waals surface area (Å²) in [6.07, 6.45) is 0. The number of hydrogen-bond donors (Lipinski definition) is 2. The molecule has 0 radical (unpaired) electrons. The van der Waals surface area contributed by atoms with Crippen molar-refractivity contribution < 1.29 is 23.9 Å². The molecule has 8 heteroatoms. The predicted octanol–water partition coefficient (Wildman–Crippen LogP) is 1.95. The van der Waals surface area contributed by atoms with Gasteiger partial charge >= 0.3 is 0 Å². The molecule has 0 spiro atoms. The normalized spacial score (nSPS) is 14.4. The van der Waals surface area contributed by atoms with Crippen LogP contribution in [0.1, 0.15) is 10.4 Å². The lowest BCUT2D eigenvalue weighted by Gasteiger charge is -2.32. The molecular formula is C21H27ClN3O4+. The number of halogens is 1. The van der Waals surface area contributed by atoms with Gasteiger partial charge in [0.1, 0.15) is 0 Å². The van der Waals surface area contributed by atoms with Gasteiger partial charge in [-0.05, 0) is 30.3 Å². The van der Waals surface area contributed by atoms with Crippen LogP contribution in [-0.4, -0.2) is 60.5 Å². The van der Waals surface area contributed by atoms with Crippen molar-refractivity contribution in [3.05, 3.63) is 40.9 Å². The van der Waals surface area contributed by atoms with E-state index in [0.717, 1.165) is 31.9 Å². The zero-order valence-electron chi connectivity index (χ0n) is 17.2. The standard InChI is InChI=1S/C21H26ClN3O4/c1-24-7-9-25(10-8-24)17-6-5-15(13-16(17)22)23-21(26)14-11-18(27-2)20(29-4)19(12-14)28-3/h5-6,11-13H,7-10H2,1-4H3,(H,23,26)/p+1. The van der Waals surface area contributed by atoms with Gasteiger partial charge in [0.15, 0.2) is 11.5 Å². The highest BCUT2D eigenvalue weighted by Crippen LogP contribution is 2.38. The summed E-state index contributed by atoms with van der Waals surface area (Å²) in [5.74, 6) is 0.981. The molecule has 156 valence electrons. The Labute approximate surface area is 176 Å². The molecule has 2 aromatic rings. The molecule has 1 saturated heterocycles. The Morgan fingerprint density at radius 3 is 2.17 bits per heavy atom. The summed E-state index contributed by atoms with van der Waals surface area (Å²) in [5.41, 5.74) is 2.00. The molecule has 1 aliphatic rings. The summed E-state index contributed by atoms with van der Waals surface area (Å²) in [4.78, 5) is 16.6. The Kier molecular flexibility index (Phi) is 6.71. The topological polar surface area (TPSA) is 64.5 Å². The first-order chi connectivity index (χ1) is 14.0. The van der Waals surface area contributed by atoms with Crippen molar-refractivity contribution in [3.63, 3.8) is 0 Å². The first kappa shape index (κ1) is 21.1. The molecule has 29 heavy (non-hydrogen) atoms.